The van der Waals surface area contributed by atoms with Crippen molar-refractivity contribution in [2.45, 2.75) is 30.9 Å². The minimum Gasteiger partial charge on any atom is -0.369 e. The highest BCUT2D eigenvalue weighted by Gasteiger charge is 2.23. The van der Waals surface area contributed by atoms with Crippen LogP contribution in [0.4, 0.5) is 5.69 Å². The van der Waals surface area contributed by atoms with E-state index in [2.05, 4.69) is 46.9 Å². The SMILES string of the molecule is CNCc1cnccc1N1CC(C)SC(C)C1. The molecule has 1 aliphatic rings. The lowest BCUT2D eigenvalue weighted by Gasteiger charge is -2.37. The molecule has 2 heterocycles. The Morgan fingerprint density at radius 3 is 2.76 bits per heavy atom. The molecule has 1 aromatic heterocycles. The normalized spacial score (nSPS) is 25.0. The Bertz CT molecular complexity index is 359. The van der Waals surface area contributed by atoms with Crippen molar-refractivity contribution in [3.8, 4) is 0 Å². The Morgan fingerprint density at radius 2 is 2.12 bits per heavy atom. The minimum atomic E-state index is 0.703. The molecule has 0 spiro atoms. The van der Waals surface area contributed by atoms with Crippen molar-refractivity contribution in [2.24, 2.45) is 0 Å². The molecule has 2 atom stereocenters. The summed E-state index contributed by atoms with van der Waals surface area (Å²) in [6, 6.07) is 2.14. The zero-order valence-corrected chi connectivity index (χ0v) is 11.6. The highest BCUT2D eigenvalue weighted by molar-refractivity contribution is 8.00. The third-order valence-electron chi connectivity index (χ3n) is 3.01. The number of pyridine rings is 1. The molecule has 94 valence electrons. The van der Waals surface area contributed by atoms with Crippen LogP contribution in [0.2, 0.25) is 0 Å². The third-order valence-corrected chi connectivity index (χ3v) is 4.23. The summed E-state index contributed by atoms with van der Waals surface area (Å²) in [7, 11) is 1.98. The number of anilines is 1. The number of hydrogen-bond acceptors (Lipinski definition) is 4. The summed E-state index contributed by atoms with van der Waals surface area (Å²) in [5.41, 5.74) is 2.63. The summed E-state index contributed by atoms with van der Waals surface area (Å²) in [4.78, 5) is 6.73. The average Bonchev–Trinajstić information content (AvgIpc) is 2.29. The molecule has 17 heavy (non-hydrogen) atoms. The van der Waals surface area contributed by atoms with Crippen LogP contribution in [0.1, 0.15) is 19.4 Å². The largest absolute Gasteiger partial charge is 0.369 e. The van der Waals surface area contributed by atoms with Crippen molar-refractivity contribution >= 4 is 17.4 Å². The first-order chi connectivity index (χ1) is 8.20. The molecule has 0 amide bonds. The molecular weight excluding hydrogens is 230 g/mol. The third kappa shape index (κ3) is 3.13. The predicted octanol–water partition coefficient (Wildman–Crippen LogP) is 2.13. The quantitative estimate of drug-likeness (QED) is 0.891. The molecule has 1 aromatic rings. The fourth-order valence-electron chi connectivity index (χ4n) is 2.43. The molecule has 2 rings (SSSR count). The van der Waals surface area contributed by atoms with E-state index in [9.17, 15) is 0 Å². The van der Waals surface area contributed by atoms with E-state index in [0.29, 0.717) is 10.5 Å². The Balaban J connectivity index is 2.20. The Kier molecular flexibility index (Phi) is 4.29. The second-order valence-corrected chi connectivity index (χ2v) is 6.58. The summed E-state index contributed by atoms with van der Waals surface area (Å²) in [5, 5.41) is 4.62. The van der Waals surface area contributed by atoms with Crippen molar-refractivity contribution < 1.29 is 0 Å². The van der Waals surface area contributed by atoms with E-state index in [1.54, 1.807) is 0 Å². The zero-order chi connectivity index (χ0) is 12.3. The standard InChI is InChI=1S/C13H21N3S/c1-10-8-16(9-11(2)17-10)13-4-5-15-7-12(13)6-14-3/h4-5,7,10-11,14H,6,8-9H2,1-3H3. The number of nitrogens with zero attached hydrogens (tertiary/aromatic N) is 2. The molecule has 0 aromatic carbocycles. The van der Waals surface area contributed by atoms with E-state index >= 15 is 0 Å². The van der Waals surface area contributed by atoms with Gasteiger partial charge in [0, 0.05) is 53.8 Å². The lowest BCUT2D eigenvalue weighted by Crippen LogP contribution is -2.41. The van der Waals surface area contributed by atoms with Crippen molar-refractivity contribution in [1.29, 1.82) is 0 Å². The number of nitrogens with one attached hydrogen (secondary N) is 1. The topological polar surface area (TPSA) is 28.2 Å². The smallest absolute Gasteiger partial charge is 0.0443 e. The summed E-state index contributed by atoms with van der Waals surface area (Å²) in [5.74, 6) is 0. The molecule has 0 bridgehead atoms. The van der Waals surface area contributed by atoms with Crippen molar-refractivity contribution in [3.63, 3.8) is 0 Å². The van der Waals surface area contributed by atoms with Gasteiger partial charge in [-0.3, -0.25) is 4.98 Å². The first kappa shape index (κ1) is 12.7. The van der Waals surface area contributed by atoms with Crippen LogP contribution < -0.4 is 10.2 Å². The maximum Gasteiger partial charge on any atom is 0.0443 e. The highest BCUT2D eigenvalue weighted by Crippen LogP contribution is 2.30. The van der Waals surface area contributed by atoms with Gasteiger partial charge in [-0.15, -0.1) is 0 Å². The van der Waals surface area contributed by atoms with Crippen LogP contribution in [-0.4, -0.2) is 35.6 Å². The molecule has 1 aliphatic heterocycles. The maximum absolute atomic E-state index is 4.22. The van der Waals surface area contributed by atoms with Gasteiger partial charge >= 0.3 is 0 Å². The summed E-state index contributed by atoms with van der Waals surface area (Å²) in [6.45, 7) is 7.78. The van der Waals surface area contributed by atoms with Gasteiger partial charge in [0.25, 0.3) is 0 Å². The highest BCUT2D eigenvalue weighted by atomic mass is 32.2. The Labute approximate surface area is 108 Å². The molecular formula is C13H21N3S. The lowest BCUT2D eigenvalue weighted by atomic mass is 10.2. The first-order valence-corrected chi connectivity index (χ1v) is 7.13. The Hall–Kier alpha value is -0.740. The molecule has 3 nitrogen and oxygen atoms in total. The molecule has 2 unspecified atom stereocenters. The zero-order valence-electron chi connectivity index (χ0n) is 10.8. The van der Waals surface area contributed by atoms with E-state index in [-0.39, 0.29) is 0 Å². The summed E-state index contributed by atoms with van der Waals surface area (Å²) < 4.78 is 0. The second-order valence-electron chi connectivity index (χ2n) is 4.70. The van der Waals surface area contributed by atoms with Crippen molar-refractivity contribution in [2.75, 3.05) is 25.0 Å². The van der Waals surface area contributed by atoms with Gasteiger partial charge in [-0.2, -0.15) is 11.8 Å². The lowest BCUT2D eigenvalue weighted by molar-refractivity contribution is 0.716. The van der Waals surface area contributed by atoms with Crippen molar-refractivity contribution in [3.05, 3.63) is 24.0 Å². The average molecular weight is 251 g/mol. The molecule has 1 N–H and O–H groups in total. The summed E-state index contributed by atoms with van der Waals surface area (Å²) in [6.07, 6.45) is 3.87. The summed E-state index contributed by atoms with van der Waals surface area (Å²) >= 11 is 2.09. The number of aromatic nitrogens is 1. The van der Waals surface area contributed by atoms with Crippen LogP contribution in [0.5, 0.6) is 0 Å². The monoisotopic (exact) mass is 251 g/mol. The maximum atomic E-state index is 4.22. The molecule has 4 heteroatoms. The number of thioether (sulfide) groups is 1. The van der Waals surface area contributed by atoms with Gasteiger partial charge in [-0.25, -0.2) is 0 Å². The molecule has 1 fully saturated rings. The predicted molar refractivity (Wildman–Crippen MR) is 75.7 cm³/mol. The van der Waals surface area contributed by atoms with Crippen LogP contribution in [0, 0.1) is 0 Å². The van der Waals surface area contributed by atoms with Crippen LogP contribution in [0.25, 0.3) is 0 Å². The van der Waals surface area contributed by atoms with E-state index in [4.69, 9.17) is 0 Å². The van der Waals surface area contributed by atoms with Gasteiger partial charge in [0.2, 0.25) is 0 Å². The van der Waals surface area contributed by atoms with Gasteiger partial charge in [0.05, 0.1) is 0 Å². The fraction of sp³-hybridized carbons (Fsp3) is 0.615. The molecule has 1 saturated heterocycles. The van der Waals surface area contributed by atoms with Crippen LogP contribution >= 0.6 is 11.8 Å². The van der Waals surface area contributed by atoms with E-state index in [1.807, 2.05) is 19.4 Å². The molecule has 0 aliphatic carbocycles. The van der Waals surface area contributed by atoms with Crippen LogP contribution in [0.3, 0.4) is 0 Å². The van der Waals surface area contributed by atoms with E-state index in [1.165, 1.54) is 11.3 Å². The second kappa shape index (κ2) is 5.74. The molecule has 0 saturated carbocycles. The van der Waals surface area contributed by atoms with Crippen LogP contribution in [-0.2, 0) is 6.54 Å². The van der Waals surface area contributed by atoms with E-state index < -0.39 is 0 Å². The van der Waals surface area contributed by atoms with Gasteiger partial charge < -0.3 is 10.2 Å². The number of rotatable bonds is 3. The number of hydrogen-bond donors (Lipinski definition) is 1. The Morgan fingerprint density at radius 1 is 1.41 bits per heavy atom. The fourth-order valence-corrected chi connectivity index (χ4v) is 3.75. The van der Waals surface area contributed by atoms with Gasteiger partial charge in [-0.1, -0.05) is 13.8 Å². The van der Waals surface area contributed by atoms with E-state index in [0.717, 1.165) is 19.6 Å². The van der Waals surface area contributed by atoms with Crippen molar-refractivity contribution in [1.82, 2.24) is 10.3 Å². The minimum absolute atomic E-state index is 0.703. The first-order valence-electron chi connectivity index (χ1n) is 6.18. The van der Waals surface area contributed by atoms with Gasteiger partial charge in [0.1, 0.15) is 0 Å². The van der Waals surface area contributed by atoms with Gasteiger partial charge in [0.15, 0.2) is 0 Å². The van der Waals surface area contributed by atoms with Gasteiger partial charge in [-0.05, 0) is 13.1 Å². The van der Waals surface area contributed by atoms with Crippen LogP contribution in [0.15, 0.2) is 18.5 Å². The molecule has 0 radical (unpaired) electrons.